The van der Waals surface area contributed by atoms with Crippen molar-refractivity contribution in [1.82, 2.24) is 4.90 Å². The minimum atomic E-state index is 0.0215. The molecule has 4 nitrogen and oxygen atoms in total. The monoisotopic (exact) mass is 371 g/mol. The quantitative estimate of drug-likeness (QED) is 0.851. The summed E-state index contributed by atoms with van der Waals surface area (Å²) in [6, 6.07) is 7.05. The second kappa shape index (κ2) is 7.28. The third-order valence-corrected chi connectivity index (χ3v) is 7.33. The highest BCUT2D eigenvalue weighted by Gasteiger charge is 2.27. The summed E-state index contributed by atoms with van der Waals surface area (Å²) in [5.74, 6) is 0.0215. The maximum Gasteiger partial charge on any atom is 0.226 e. The average Bonchev–Trinajstić information content (AvgIpc) is 3.36. The number of aryl methyl sites for hydroxylation is 1. The number of hydrogen-bond donors (Lipinski definition) is 1. The van der Waals surface area contributed by atoms with Gasteiger partial charge in [-0.3, -0.25) is 9.69 Å². The van der Waals surface area contributed by atoms with Crippen molar-refractivity contribution in [2.45, 2.75) is 44.6 Å². The molecule has 0 aromatic carbocycles. The Morgan fingerprint density at radius 2 is 2.32 bits per heavy atom. The van der Waals surface area contributed by atoms with E-state index in [1.165, 1.54) is 28.2 Å². The summed E-state index contributed by atoms with van der Waals surface area (Å²) >= 11 is 3.39. The number of likely N-dealkylation sites (tertiary alicyclic amines) is 1. The van der Waals surface area contributed by atoms with E-state index in [-0.39, 0.29) is 5.91 Å². The van der Waals surface area contributed by atoms with Gasteiger partial charge < -0.3 is 5.32 Å². The molecule has 1 aliphatic heterocycles. The molecule has 1 atom stereocenters. The maximum absolute atomic E-state index is 12.4. The molecule has 2 aliphatic rings. The second-order valence-electron chi connectivity index (χ2n) is 6.68. The van der Waals surface area contributed by atoms with Crippen LogP contribution in [0.5, 0.6) is 0 Å². The lowest BCUT2D eigenvalue weighted by Gasteiger charge is -2.23. The Bertz CT molecular complexity index is 803. The molecule has 2 aromatic heterocycles. The fourth-order valence-corrected chi connectivity index (χ4v) is 6.09. The van der Waals surface area contributed by atoms with E-state index in [0.29, 0.717) is 18.0 Å². The summed E-state index contributed by atoms with van der Waals surface area (Å²) in [7, 11) is 0. The standard InChI is InChI=1S/C19H21N3OS2/c20-12-14-13-4-1-6-16(13)25-19(14)21-18(23)8-10-22-9-2-5-15(22)17-7-3-11-24-17/h3,7,11,15H,1-2,4-6,8-10H2,(H,21,23). The molecular formula is C19H21N3OS2. The molecule has 2 aromatic rings. The van der Waals surface area contributed by atoms with Crippen molar-refractivity contribution in [3.05, 3.63) is 38.4 Å². The van der Waals surface area contributed by atoms with E-state index in [1.54, 1.807) is 22.7 Å². The van der Waals surface area contributed by atoms with Crippen molar-refractivity contribution in [2.24, 2.45) is 0 Å². The summed E-state index contributed by atoms with van der Waals surface area (Å²) in [5.41, 5.74) is 1.86. The molecule has 1 unspecified atom stereocenters. The first kappa shape index (κ1) is 16.8. The van der Waals surface area contributed by atoms with Crippen LogP contribution in [0.15, 0.2) is 17.5 Å². The average molecular weight is 372 g/mol. The van der Waals surface area contributed by atoms with Crippen molar-refractivity contribution in [1.29, 1.82) is 5.26 Å². The maximum atomic E-state index is 12.4. The summed E-state index contributed by atoms with van der Waals surface area (Å²) in [6.07, 6.45) is 6.00. The number of nitrogens with one attached hydrogen (secondary N) is 1. The first-order chi connectivity index (χ1) is 12.3. The van der Waals surface area contributed by atoms with Crippen LogP contribution in [0.4, 0.5) is 5.00 Å². The van der Waals surface area contributed by atoms with Crippen molar-refractivity contribution in [2.75, 3.05) is 18.4 Å². The number of thiophene rings is 2. The lowest BCUT2D eigenvalue weighted by Crippen LogP contribution is -2.27. The molecule has 6 heteroatoms. The summed E-state index contributed by atoms with van der Waals surface area (Å²) in [6.45, 7) is 1.84. The fraction of sp³-hybridized carbons (Fsp3) is 0.474. The Morgan fingerprint density at radius 1 is 1.40 bits per heavy atom. The predicted molar refractivity (Wildman–Crippen MR) is 102 cm³/mol. The third-order valence-electron chi connectivity index (χ3n) is 5.15. The molecule has 1 N–H and O–H groups in total. The van der Waals surface area contributed by atoms with Gasteiger partial charge >= 0.3 is 0 Å². The normalized spacial score (nSPS) is 19.7. The molecule has 1 amide bonds. The predicted octanol–water partition coefficient (Wildman–Crippen LogP) is 4.34. The van der Waals surface area contributed by atoms with E-state index in [2.05, 4.69) is 33.8 Å². The Balaban J connectivity index is 1.36. The van der Waals surface area contributed by atoms with E-state index in [4.69, 9.17) is 0 Å². The van der Waals surface area contributed by atoms with Crippen molar-refractivity contribution in [3.8, 4) is 6.07 Å². The summed E-state index contributed by atoms with van der Waals surface area (Å²) < 4.78 is 0. The van der Waals surface area contributed by atoms with Crippen molar-refractivity contribution in [3.63, 3.8) is 0 Å². The molecule has 3 heterocycles. The number of carbonyl (C=O) groups excluding carboxylic acids is 1. The lowest BCUT2D eigenvalue weighted by molar-refractivity contribution is -0.116. The smallest absolute Gasteiger partial charge is 0.226 e. The van der Waals surface area contributed by atoms with E-state index in [1.807, 2.05) is 0 Å². The summed E-state index contributed by atoms with van der Waals surface area (Å²) in [4.78, 5) is 17.5. The van der Waals surface area contributed by atoms with Crippen LogP contribution in [0.3, 0.4) is 0 Å². The van der Waals surface area contributed by atoms with Crippen LogP contribution in [-0.4, -0.2) is 23.9 Å². The topological polar surface area (TPSA) is 56.1 Å². The zero-order valence-electron chi connectivity index (χ0n) is 14.1. The zero-order valence-corrected chi connectivity index (χ0v) is 15.7. The Kier molecular flexibility index (Phi) is 4.89. The Hall–Kier alpha value is -1.68. The lowest BCUT2D eigenvalue weighted by atomic mass is 10.1. The molecule has 0 radical (unpaired) electrons. The number of amides is 1. The van der Waals surface area contributed by atoms with Gasteiger partial charge in [0.25, 0.3) is 0 Å². The van der Waals surface area contributed by atoms with Gasteiger partial charge in [-0.2, -0.15) is 5.26 Å². The van der Waals surface area contributed by atoms with E-state index < -0.39 is 0 Å². The van der Waals surface area contributed by atoms with Crippen LogP contribution in [-0.2, 0) is 17.6 Å². The molecule has 0 saturated carbocycles. The van der Waals surface area contributed by atoms with Crippen LogP contribution in [0.25, 0.3) is 0 Å². The number of carbonyl (C=O) groups is 1. The zero-order chi connectivity index (χ0) is 17.2. The van der Waals surface area contributed by atoms with E-state index >= 15 is 0 Å². The number of nitrogens with zero attached hydrogens (tertiary/aromatic N) is 2. The highest BCUT2D eigenvalue weighted by molar-refractivity contribution is 7.16. The summed E-state index contributed by atoms with van der Waals surface area (Å²) in [5, 5.41) is 15.3. The van der Waals surface area contributed by atoms with Crippen molar-refractivity contribution >= 4 is 33.6 Å². The molecule has 1 fully saturated rings. The van der Waals surface area contributed by atoms with Crippen LogP contribution >= 0.6 is 22.7 Å². The number of fused-ring (bicyclic) bond motifs is 1. The SMILES string of the molecule is N#Cc1c(NC(=O)CCN2CCCC2c2cccs2)sc2c1CCC2. The van der Waals surface area contributed by atoms with Gasteiger partial charge in [0.1, 0.15) is 11.1 Å². The van der Waals surface area contributed by atoms with Gasteiger partial charge in [-0.1, -0.05) is 6.07 Å². The van der Waals surface area contributed by atoms with Gasteiger partial charge in [0.05, 0.1) is 5.56 Å². The molecule has 0 bridgehead atoms. The number of nitriles is 1. The molecule has 4 rings (SSSR count). The Labute approximate surface area is 156 Å². The largest absolute Gasteiger partial charge is 0.317 e. The Morgan fingerprint density at radius 3 is 3.12 bits per heavy atom. The van der Waals surface area contributed by atoms with Gasteiger partial charge in [0.2, 0.25) is 5.91 Å². The second-order valence-corrected chi connectivity index (χ2v) is 8.77. The fourth-order valence-electron chi connectivity index (χ4n) is 3.94. The van der Waals surface area contributed by atoms with Crippen LogP contribution in [0, 0.1) is 11.3 Å². The molecule has 0 spiro atoms. The van der Waals surface area contributed by atoms with Crippen LogP contribution in [0.1, 0.15) is 52.6 Å². The molecule has 1 saturated heterocycles. The third kappa shape index (κ3) is 3.37. The molecule has 130 valence electrons. The van der Waals surface area contributed by atoms with Crippen molar-refractivity contribution < 1.29 is 4.79 Å². The van der Waals surface area contributed by atoms with Crippen LogP contribution in [0.2, 0.25) is 0 Å². The number of hydrogen-bond acceptors (Lipinski definition) is 5. The van der Waals surface area contributed by atoms with Crippen LogP contribution < -0.4 is 5.32 Å². The number of anilines is 1. The minimum absolute atomic E-state index is 0.0215. The molecular weight excluding hydrogens is 350 g/mol. The van der Waals surface area contributed by atoms with Gasteiger partial charge in [0, 0.05) is 28.8 Å². The van der Waals surface area contributed by atoms with E-state index in [9.17, 15) is 10.1 Å². The van der Waals surface area contributed by atoms with Gasteiger partial charge in [-0.05, 0) is 55.7 Å². The highest BCUT2D eigenvalue weighted by atomic mass is 32.1. The van der Waals surface area contributed by atoms with Gasteiger partial charge in [0.15, 0.2) is 0 Å². The van der Waals surface area contributed by atoms with Gasteiger partial charge in [-0.25, -0.2) is 0 Å². The first-order valence-electron chi connectivity index (χ1n) is 8.88. The first-order valence-corrected chi connectivity index (χ1v) is 10.6. The molecule has 1 aliphatic carbocycles. The number of rotatable bonds is 5. The highest BCUT2D eigenvalue weighted by Crippen LogP contribution is 2.39. The molecule has 25 heavy (non-hydrogen) atoms. The van der Waals surface area contributed by atoms with E-state index in [0.717, 1.165) is 37.4 Å². The minimum Gasteiger partial charge on any atom is -0.317 e. The van der Waals surface area contributed by atoms with Gasteiger partial charge in [-0.15, -0.1) is 22.7 Å².